The molecule has 0 atom stereocenters. The summed E-state index contributed by atoms with van der Waals surface area (Å²) in [6.07, 6.45) is 0. The number of aryl methyl sites for hydroxylation is 1. The smallest absolute Gasteiger partial charge is 0.335 e. The normalized spacial score (nSPS) is 9.85. The van der Waals surface area contributed by atoms with Crippen LogP contribution in [0.3, 0.4) is 0 Å². The fourth-order valence-corrected chi connectivity index (χ4v) is 1.85. The number of carboxylic acids is 1. The van der Waals surface area contributed by atoms with E-state index in [0.717, 1.165) is 0 Å². The Morgan fingerprint density at radius 2 is 2.00 bits per heavy atom. The minimum atomic E-state index is -1.000. The van der Waals surface area contributed by atoms with E-state index >= 15 is 0 Å². The monoisotopic (exact) mass is 287 g/mol. The SMILES string of the molecule is Cc1cc(C(=O)O)ccc1Oc1cc(Cl)ccc1C#N. The predicted molar refractivity (Wildman–Crippen MR) is 74.4 cm³/mol. The minimum Gasteiger partial charge on any atom is -0.478 e. The quantitative estimate of drug-likeness (QED) is 0.926. The number of hydrogen-bond donors (Lipinski definition) is 1. The lowest BCUT2D eigenvalue weighted by atomic mass is 10.1. The van der Waals surface area contributed by atoms with Crippen molar-refractivity contribution < 1.29 is 14.6 Å². The number of nitrogens with zero attached hydrogens (tertiary/aromatic N) is 1. The highest BCUT2D eigenvalue weighted by molar-refractivity contribution is 6.30. The topological polar surface area (TPSA) is 70.3 Å². The summed E-state index contributed by atoms with van der Waals surface area (Å²) in [6, 6.07) is 11.2. The first-order chi connectivity index (χ1) is 9.51. The van der Waals surface area contributed by atoms with Gasteiger partial charge in [-0.1, -0.05) is 11.6 Å². The number of halogens is 1. The van der Waals surface area contributed by atoms with Gasteiger partial charge in [-0.15, -0.1) is 0 Å². The second kappa shape index (κ2) is 5.64. The molecule has 4 nitrogen and oxygen atoms in total. The predicted octanol–water partition coefficient (Wildman–Crippen LogP) is 4.01. The number of benzene rings is 2. The molecule has 2 aromatic carbocycles. The van der Waals surface area contributed by atoms with Gasteiger partial charge in [0.25, 0.3) is 0 Å². The highest BCUT2D eigenvalue weighted by Gasteiger charge is 2.10. The fourth-order valence-electron chi connectivity index (χ4n) is 1.69. The lowest BCUT2D eigenvalue weighted by molar-refractivity contribution is 0.0697. The van der Waals surface area contributed by atoms with E-state index in [1.807, 2.05) is 6.07 Å². The molecule has 0 fully saturated rings. The highest BCUT2D eigenvalue weighted by Crippen LogP contribution is 2.30. The Morgan fingerprint density at radius 3 is 2.60 bits per heavy atom. The molecule has 2 aromatic rings. The standard InChI is InChI=1S/C15H10ClNO3/c1-9-6-10(15(18)19)3-5-13(9)20-14-7-12(16)4-2-11(14)8-17/h2-7H,1H3,(H,18,19). The van der Waals surface area contributed by atoms with E-state index < -0.39 is 5.97 Å². The first-order valence-electron chi connectivity index (χ1n) is 5.72. The van der Waals surface area contributed by atoms with Crippen molar-refractivity contribution in [3.05, 3.63) is 58.1 Å². The zero-order chi connectivity index (χ0) is 14.7. The van der Waals surface area contributed by atoms with Crippen molar-refractivity contribution in [2.75, 3.05) is 0 Å². The first-order valence-corrected chi connectivity index (χ1v) is 6.10. The Balaban J connectivity index is 2.38. The molecule has 0 aliphatic rings. The first kappa shape index (κ1) is 13.9. The lowest BCUT2D eigenvalue weighted by Gasteiger charge is -2.10. The van der Waals surface area contributed by atoms with Gasteiger partial charge in [-0.2, -0.15) is 5.26 Å². The molecule has 0 bridgehead atoms. The van der Waals surface area contributed by atoms with Crippen molar-refractivity contribution in [2.24, 2.45) is 0 Å². The van der Waals surface area contributed by atoms with Gasteiger partial charge < -0.3 is 9.84 Å². The van der Waals surface area contributed by atoms with E-state index in [-0.39, 0.29) is 5.56 Å². The third kappa shape index (κ3) is 2.90. The summed E-state index contributed by atoms with van der Waals surface area (Å²) in [5.74, 6) is -0.180. The molecule has 0 saturated heterocycles. The second-order valence-electron chi connectivity index (χ2n) is 4.14. The van der Waals surface area contributed by atoms with E-state index in [1.165, 1.54) is 12.1 Å². The van der Waals surface area contributed by atoms with Crippen LogP contribution < -0.4 is 4.74 Å². The van der Waals surface area contributed by atoms with E-state index in [2.05, 4.69) is 0 Å². The molecule has 0 aliphatic heterocycles. The third-order valence-corrected chi connectivity index (χ3v) is 2.94. The summed E-state index contributed by atoms with van der Waals surface area (Å²) in [7, 11) is 0. The maximum absolute atomic E-state index is 10.9. The maximum atomic E-state index is 10.9. The maximum Gasteiger partial charge on any atom is 0.335 e. The zero-order valence-electron chi connectivity index (χ0n) is 10.6. The Kier molecular flexibility index (Phi) is 3.92. The zero-order valence-corrected chi connectivity index (χ0v) is 11.3. The van der Waals surface area contributed by atoms with E-state index in [1.54, 1.807) is 31.2 Å². The van der Waals surface area contributed by atoms with Crippen LogP contribution in [0.1, 0.15) is 21.5 Å². The number of carbonyl (C=O) groups is 1. The number of ether oxygens (including phenoxy) is 1. The average molecular weight is 288 g/mol. The molecule has 1 N–H and O–H groups in total. The van der Waals surface area contributed by atoms with Crippen LogP contribution in [0.2, 0.25) is 5.02 Å². The lowest BCUT2D eigenvalue weighted by Crippen LogP contribution is -1.98. The largest absolute Gasteiger partial charge is 0.478 e. The summed E-state index contributed by atoms with van der Waals surface area (Å²) in [5, 5.41) is 18.4. The van der Waals surface area contributed by atoms with Crippen LogP contribution in [0.4, 0.5) is 0 Å². The van der Waals surface area contributed by atoms with Gasteiger partial charge in [-0.3, -0.25) is 0 Å². The van der Waals surface area contributed by atoms with Gasteiger partial charge in [0.15, 0.2) is 0 Å². The Hall–Kier alpha value is -2.51. The number of nitriles is 1. The van der Waals surface area contributed by atoms with Crippen LogP contribution >= 0.6 is 11.6 Å². The van der Waals surface area contributed by atoms with Gasteiger partial charge >= 0.3 is 5.97 Å². The molecular weight excluding hydrogens is 278 g/mol. The number of hydrogen-bond acceptors (Lipinski definition) is 3. The Bertz CT molecular complexity index is 720. The minimum absolute atomic E-state index is 0.182. The van der Waals surface area contributed by atoms with Gasteiger partial charge in [0.1, 0.15) is 17.6 Å². The molecule has 0 saturated carbocycles. The molecule has 0 amide bonds. The van der Waals surface area contributed by atoms with Crippen LogP contribution in [-0.4, -0.2) is 11.1 Å². The summed E-state index contributed by atoms with van der Waals surface area (Å²) >= 11 is 5.88. The molecule has 0 aliphatic carbocycles. The van der Waals surface area contributed by atoms with E-state index in [9.17, 15) is 4.79 Å². The Labute approximate surface area is 120 Å². The molecule has 0 unspecified atom stereocenters. The van der Waals surface area contributed by atoms with Gasteiger partial charge in [0.2, 0.25) is 0 Å². The molecular formula is C15H10ClNO3. The van der Waals surface area contributed by atoms with Crippen LogP contribution in [-0.2, 0) is 0 Å². The summed E-state index contributed by atoms with van der Waals surface area (Å²) in [6.45, 7) is 1.73. The van der Waals surface area contributed by atoms with Crippen LogP contribution in [0.25, 0.3) is 0 Å². The van der Waals surface area contributed by atoms with Gasteiger partial charge in [-0.05, 0) is 42.8 Å². The van der Waals surface area contributed by atoms with Crippen molar-refractivity contribution in [2.45, 2.75) is 6.92 Å². The third-order valence-electron chi connectivity index (χ3n) is 2.71. The van der Waals surface area contributed by atoms with Crippen LogP contribution in [0, 0.1) is 18.3 Å². The summed E-state index contributed by atoms with van der Waals surface area (Å²) in [4.78, 5) is 10.9. The number of aromatic carboxylic acids is 1. The molecule has 0 heterocycles. The van der Waals surface area contributed by atoms with Crippen molar-refractivity contribution in [1.29, 1.82) is 5.26 Å². The van der Waals surface area contributed by atoms with Crippen molar-refractivity contribution >= 4 is 17.6 Å². The molecule has 2 rings (SSSR count). The van der Waals surface area contributed by atoms with Gasteiger partial charge in [0, 0.05) is 11.1 Å². The molecule has 0 aromatic heterocycles. The van der Waals surface area contributed by atoms with E-state index in [0.29, 0.717) is 27.6 Å². The van der Waals surface area contributed by atoms with Crippen molar-refractivity contribution in [3.63, 3.8) is 0 Å². The molecule has 5 heteroatoms. The van der Waals surface area contributed by atoms with E-state index in [4.69, 9.17) is 26.7 Å². The van der Waals surface area contributed by atoms with Gasteiger partial charge in [0.05, 0.1) is 11.1 Å². The molecule has 100 valence electrons. The Morgan fingerprint density at radius 1 is 1.25 bits per heavy atom. The number of rotatable bonds is 3. The van der Waals surface area contributed by atoms with Crippen molar-refractivity contribution in [1.82, 2.24) is 0 Å². The average Bonchev–Trinajstić information content (AvgIpc) is 2.41. The summed E-state index contributed by atoms with van der Waals surface area (Å²) in [5.41, 5.74) is 1.20. The van der Waals surface area contributed by atoms with Crippen molar-refractivity contribution in [3.8, 4) is 17.6 Å². The highest BCUT2D eigenvalue weighted by atomic mass is 35.5. The number of carboxylic acid groups (broad SMARTS) is 1. The second-order valence-corrected chi connectivity index (χ2v) is 4.58. The fraction of sp³-hybridized carbons (Fsp3) is 0.0667. The molecule has 20 heavy (non-hydrogen) atoms. The molecule has 0 spiro atoms. The van der Waals surface area contributed by atoms with Gasteiger partial charge in [-0.25, -0.2) is 4.79 Å². The van der Waals surface area contributed by atoms with Crippen LogP contribution in [0.5, 0.6) is 11.5 Å². The van der Waals surface area contributed by atoms with Crippen LogP contribution in [0.15, 0.2) is 36.4 Å². The molecule has 0 radical (unpaired) electrons. The summed E-state index contributed by atoms with van der Waals surface area (Å²) < 4.78 is 5.65.